The van der Waals surface area contributed by atoms with Crippen LogP contribution in [-0.4, -0.2) is 14.9 Å². The van der Waals surface area contributed by atoms with Gasteiger partial charge in [0, 0.05) is 10.6 Å². The molecule has 0 saturated carbocycles. The molecule has 1 heterocycles. The van der Waals surface area contributed by atoms with Crippen molar-refractivity contribution in [3.8, 4) is 0 Å². The highest BCUT2D eigenvalue weighted by atomic mass is 127. The van der Waals surface area contributed by atoms with Crippen molar-refractivity contribution in [3.63, 3.8) is 0 Å². The first-order valence-electron chi connectivity index (χ1n) is 4.70. The SMILES string of the molecule is Cn1ncc(Cl)c1C(O)c1cccc(I)c1. The van der Waals surface area contributed by atoms with Crippen molar-refractivity contribution in [2.24, 2.45) is 7.05 Å². The van der Waals surface area contributed by atoms with Crippen LogP contribution in [0.25, 0.3) is 0 Å². The van der Waals surface area contributed by atoms with Gasteiger partial charge in [0.15, 0.2) is 0 Å². The predicted octanol–water partition coefficient (Wildman–Crippen LogP) is 2.76. The number of nitrogens with zero attached hydrogens (tertiary/aromatic N) is 2. The van der Waals surface area contributed by atoms with Crippen LogP contribution in [0, 0.1) is 3.57 Å². The smallest absolute Gasteiger partial charge is 0.122 e. The fraction of sp³-hybridized carbons (Fsp3) is 0.182. The third kappa shape index (κ3) is 2.23. The molecule has 0 amide bonds. The Labute approximate surface area is 112 Å². The molecule has 1 N–H and O–H groups in total. The summed E-state index contributed by atoms with van der Waals surface area (Å²) < 4.78 is 2.67. The first kappa shape index (κ1) is 11.9. The van der Waals surface area contributed by atoms with Gasteiger partial charge >= 0.3 is 0 Å². The highest BCUT2D eigenvalue weighted by Crippen LogP contribution is 2.28. The number of hydrogen-bond acceptors (Lipinski definition) is 2. The summed E-state index contributed by atoms with van der Waals surface area (Å²) in [4.78, 5) is 0. The van der Waals surface area contributed by atoms with E-state index in [4.69, 9.17) is 11.6 Å². The van der Waals surface area contributed by atoms with Gasteiger partial charge < -0.3 is 5.11 Å². The Morgan fingerprint density at radius 3 is 2.81 bits per heavy atom. The molecule has 0 spiro atoms. The summed E-state index contributed by atoms with van der Waals surface area (Å²) in [6.45, 7) is 0. The summed E-state index contributed by atoms with van der Waals surface area (Å²) in [5.41, 5.74) is 1.43. The Balaban J connectivity index is 2.43. The lowest BCUT2D eigenvalue weighted by Gasteiger charge is -2.12. The maximum atomic E-state index is 10.2. The Hall–Kier alpha value is -0.590. The number of halogens is 2. The molecule has 1 atom stereocenters. The fourth-order valence-corrected chi connectivity index (χ4v) is 2.40. The van der Waals surface area contributed by atoms with E-state index in [2.05, 4.69) is 27.7 Å². The van der Waals surface area contributed by atoms with Crippen LogP contribution in [0.2, 0.25) is 5.02 Å². The molecule has 84 valence electrons. The number of rotatable bonds is 2. The molecule has 1 aromatic carbocycles. The lowest BCUT2D eigenvalue weighted by Crippen LogP contribution is -2.07. The zero-order valence-electron chi connectivity index (χ0n) is 8.56. The molecule has 0 aliphatic rings. The van der Waals surface area contributed by atoms with Crippen LogP contribution in [0.5, 0.6) is 0 Å². The van der Waals surface area contributed by atoms with Crippen molar-refractivity contribution < 1.29 is 5.11 Å². The van der Waals surface area contributed by atoms with Gasteiger partial charge in [0.25, 0.3) is 0 Å². The summed E-state index contributed by atoms with van der Waals surface area (Å²) in [6, 6.07) is 7.68. The summed E-state index contributed by atoms with van der Waals surface area (Å²) >= 11 is 8.19. The molecule has 1 unspecified atom stereocenters. The molecule has 0 radical (unpaired) electrons. The minimum Gasteiger partial charge on any atom is -0.382 e. The van der Waals surface area contributed by atoms with Crippen molar-refractivity contribution in [2.75, 3.05) is 0 Å². The Morgan fingerprint density at radius 1 is 1.50 bits per heavy atom. The maximum Gasteiger partial charge on any atom is 0.122 e. The minimum atomic E-state index is -0.741. The molecule has 16 heavy (non-hydrogen) atoms. The van der Waals surface area contributed by atoms with E-state index in [0.29, 0.717) is 10.7 Å². The van der Waals surface area contributed by atoms with Gasteiger partial charge in [0.1, 0.15) is 6.10 Å². The molecular formula is C11H10ClIN2O. The van der Waals surface area contributed by atoms with Crippen LogP contribution in [0.1, 0.15) is 17.4 Å². The van der Waals surface area contributed by atoms with E-state index in [1.165, 1.54) is 6.20 Å². The first-order valence-corrected chi connectivity index (χ1v) is 6.16. The van der Waals surface area contributed by atoms with Gasteiger partial charge in [-0.1, -0.05) is 23.7 Å². The van der Waals surface area contributed by atoms with Crippen LogP contribution in [0.3, 0.4) is 0 Å². The zero-order valence-corrected chi connectivity index (χ0v) is 11.5. The van der Waals surface area contributed by atoms with Crippen molar-refractivity contribution in [1.29, 1.82) is 0 Å². The monoisotopic (exact) mass is 348 g/mol. The van der Waals surface area contributed by atoms with Gasteiger partial charge in [0.05, 0.1) is 16.9 Å². The quantitative estimate of drug-likeness (QED) is 0.848. The third-order valence-electron chi connectivity index (χ3n) is 2.36. The number of aliphatic hydroxyl groups is 1. The Morgan fingerprint density at radius 2 is 2.25 bits per heavy atom. The average Bonchev–Trinajstić information content (AvgIpc) is 2.58. The topological polar surface area (TPSA) is 38.0 Å². The molecule has 1 aromatic heterocycles. The van der Waals surface area contributed by atoms with Crippen molar-refractivity contribution >= 4 is 34.2 Å². The second kappa shape index (κ2) is 4.73. The van der Waals surface area contributed by atoms with Crippen LogP contribution < -0.4 is 0 Å². The van der Waals surface area contributed by atoms with E-state index < -0.39 is 6.10 Å². The van der Waals surface area contributed by atoms with E-state index in [9.17, 15) is 5.11 Å². The standard InChI is InChI=1S/C11H10ClIN2O/c1-15-10(9(12)6-14-15)11(16)7-3-2-4-8(13)5-7/h2-6,11,16H,1H3. The van der Waals surface area contributed by atoms with Crippen molar-refractivity contribution in [1.82, 2.24) is 9.78 Å². The number of aromatic nitrogens is 2. The molecule has 3 nitrogen and oxygen atoms in total. The van der Waals surface area contributed by atoms with Crippen LogP contribution >= 0.6 is 34.2 Å². The number of aryl methyl sites for hydroxylation is 1. The van der Waals surface area contributed by atoms with Gasteiger partial charge in [-0.05, 0) is 40.3 Å². The lowest BCUT2D eigenvalue weighted by atomic mass is 10.1. The van der Waals surface area contributed by atoms with E-state index in [0.717, 1.165) is 9.13 Å². The second-order valence-corrected chi connectivity index (χ2v) is 5.11. The second-order valence-electron chi connectivity index (χ2n) is 3.46. The fourth-order valence-electron chi connectivity index (χ4n) is 1.56. The first-order chi connectivity index (χ1) is 7.59. The van der Waals surface area contributed by atoms with Gasteiger partial charge in [-0.2, -0.15) is 5.10 Å². The highest BCUT2D eigenvalue weighted by Gasteiger charge is 2.18. The molecule has 0 fully saturated rings. The summed E-state index contributed by atoms with van der Waals surface area (Å²) in [6.07, 6.45) is 0.795. The van der Waals surface area contributed by atoms with E-state index in [1.54, 1.807) is 11.7 Å². The third-order valence-corrected chi connectivity index (χ3v) is 3.32. The van der Waals surface area contributed by atoms with Crippen molar-refractivity contribution in [3.05, 3.63) is 50.3 Å². The van der Waals surface area contributed by atoms with Gasteiger partial charge in [-0.3, -0.25) is 4.68 Å². The molecule has 5 heteroatoms. The minimum absolute atomic E-state index is 0.480. The largest absolute Gasteiger partial charge is 0.382 e. The van der Waals surface area contributed by atoms with Gasteiger partial charge in [-0.15, -0.1) is 0 Å². The van der Waals surface area contributed by atoms with Gasteiger partial charge in [-0.25, -0.2) is 0 Å². The molecule has 0 aliphatic carbocycles. The summed E-state index contributed by atoms with van der Waals surface area (Å²) in [5, 5.41) is 14.7. The predicted molar refractivity (Wildman–Crippen MR) is 71.4 cm³/mol. The Kier molecular flexibility index (Phi) is 3.51. The molecule has 0 bridgehead atoms. The Bertz CT molecular complexity index is 493. The number of hydrogen-bond donors (Lipinski definition) is 1. The molecule has 2 rings (SSSR count). The van der Waals surface area contributed by atoms with Crippen LogP contribution in [0.4, 0.5) is 0 Å². The van der Waals surface area contributed by atoms with E-state index >= 15 is 0 Å². The van der Waals surface area contributed by atoms with Crippen LogP contribution in [0.15, 0.2) is 30.5 Å². The normalized spacial score (nSPS) is 12.8. The zero-order chi connectivity index (χ0) is 11.7. The van der Waals surface area contributed by atoms with Crippen molar-refractivity contribution in [2.45, 2.75) is 6.10 Å². The van der Waals surface area contributed by atoms with Gasteiger partial charge in [0.2, 0.25) is 0 Å². The van der Waals surface area contributed by atoms with E-state index in [-0.39, 0.29) is 0 Å². The molecular weight excluding hydrogens is 338 g/mol. The van der Waals surface area contributed by atoms with Crippen LogP contribution in [-0.2, 0) is 7.05 Å². The molecule has 2 aromatic rings. The maximum absolute atomic E-state index is 10.2. The lowest BCUT2D eigenvalue weighted by molar-refractivity contribution is 0.210. The molecule has 0 aliphatic heterocycles. The summed E-state index contributed by atoms with van der Waals surface area (Å²) in [7, 11) is 1.76. The number of aliphatic hydroxyl groups excluding tert-OH is 1. The molecule has 0 saturated heterocycles. The highest BCUT2D eigenvalue weighted by molar-refractivity contribution is 14.1. The summed E-state index contributed by atoms with van der Waals surface area (Å²) in [5.74, 6) is 0. The van der Waals surface area contributed by atoms with E-state index in [1.807, 2.05) is 24.3 Å². The average molecular weight is 349 g/mol. The number of benzene rings is 1.